The third-order valence-electron chi connectivity index (χ3n) is 6.41. The molecule has 1 aliphatic rings. The van der Waals surface area contributed by atoms with Gasteiger partial charge < -0.3 is 10.6 Å². The number of aryl methyl sites for hydroxylation is 1. The highest BCUT2D eigenvalue weighted by Gasteiger charge is 2.24. The Morgan fingerprint density at radius 2 is 1.57 bits per heavy atom. The molecule has 2 N–H and O–H groups in total. The van der Waals surface area contributed by atoms with E-state index in [2.05, 4.69) is 127 Å². The second-order valence-corrected chi connectivity index (χ2v) is 12.1. The first-order chi connectivity index (χ1) is 16.5. The molecule has 0 aliphatic heterocycles. The average molecular weight is 471 g/mol. The van der Waals surface area contributed by atoms with Gasteiger partial charge in [0.05, 0.1) is 0 Å². The van der Waals surface area contributed by atoms with Crippen LogP contribution in [0.2, 0.25) is 0 Å². The normalized spacial score (nSPS) is 14.3. The van der Waals surface area contributed by atoms with Gasteiger partial charge in [-0.1, -0.05) is 110 Å². The third-order valence-corrected chi connectivity index (χ3v) is 6.41. The van der Waals surface area contributed by atoms with Crippen LogP contribution in [0.4, 0.5) is 5.69 Å². The zero-order valence-corrected chi connectivity index (χ0v) is 23.3. The standard InChI is InChI=1S/C33H46N2/c1-9-24-16-14-15-19-26(24)30(28(10-2)34-22-32(3,4)5)31-27-18-13-11-12-17-25(27)20-21-29(31)35-23-33(6,7)8/h11-17,19-21,34-35H,9-10,18,22-23H2,1-8H3/b30-28-. The second-order valence-electron chi connectivity index (χ2n) is 12.1. The molecule has 2 nitrogen and oxygen atoms in total. The summed E-state index contributed by atoms with van der Waals surface area (Å²) in [6, 6.07) is 13.5. The van der Waals surface area contributed by atoms with E-state index in [0.717, 1.165) is 32.4 Å². The number of fused-ring (bicyclic) bond motifs is 1. The van der Waals surface area contributed by atoms with Gasteiger partial charge in [-0.05, 0) is 58.4 Å². The van der Waals surface area contributed by atoms with E-state index in [1.54, 1.807) is 0 Å². The molecule has 1 aliphatic carbocycles. The maximum absolute atomic E-state index is 3.90. The molecule has 0 spiro atoms. The van der Waals surface area contributed by atoms with Crippen LogP contribution in [0.1, 0.15) is 89.6 Å². The molecule has 2 aromatic carbocycles. The van der Waals surface area contributed by atoms with Gasteiger partial charge in [-0.2, -0.15) is 0 Å². The predicted molar refractivity (Wildman–Crippen MR) is 156 cm³/mol. The van der Waals surface area contributed by atoms with Crippen molar-refractivity contribution in [2.75, 3.05) is 18.4 Å². The van der Waals surface area contributed by atoms with E-state index in [0.29, 0.717) is 0 Å². The maximum atomic E-state index is 3.90. The fourth-order valence-electron chi connectivity index (χ4n) is 4.54. The van der Waals surface area contributed by atoms with Gasteiger partial charge in [-0.25, -0.2) is 0 Å². The Labute approximate surface area is 214 Å². The fraction of sp³-hybridized carbons (Fsp3) is 0.455. The van der Waals surface area contributed by atoms with Crippen molar-refractivity contribution in [3.63, 3.8) is 0 Å². The molecular weight excluding hydrogens is 424 g/mol. The first kappa shape index (κ1) is 26.9. The zero-order valence-electron chi connectivity index (χ0n) is 23.3. The number of anilines is 1. The summed E-state index contributed by atoms with van der Waals surface area (Å²) in [5.74, 6) is 0. The summed E-state index contributed by atoms with van der Waals surface area (Å²) in [7, 11) is 0. The van der Waals surface area contributed by atoms with E-state index in [4.69, 9.17) is 0 Å². The molecule has 0 atom stereocenters. The van der Waals surface area contributed by atoms with E-state index in [9.17, 15) is 0 Å². The van der Waals surface area contributed by atoms with Gasteiger partial charge in [-0.15, -0.1) is 0 Å². The molecule has 0 saturated carbocycles. The Hall–Kier alpha value is -2.74. The smallest absolute Gasteiger partial charge is 0.0424 e. The first-order valence-electron chi connectivity index (χ1n) is 13.3. The van der Waals surface area contributed by atoms with Crippen LogP contribution in [0.25, 0.3) is 11.6 Å². The largest absolute Gasteiger partial charge is 0.387 e. The maximum Gasteiger partial charge on any atom is 0.0424 e. The van der Waals surface area contributed by atoms with Crippen molar-refractivity contribution in [1.29, 1.82) is 0 Å². The van der Waals surface area contributed by atoms with Crippen LogP contribution in [-0.2, 0) is 12.8 Å². The summed E-state index contributed by atoms with van der Waals surface area (Å²) < 4.78 is 0. The van der Waals surface area contributed by atoms with E-state index in [1.165, 1.54) is 44.8 Å². The number of hydrogen-bond donors (Lipinski definition) is 2. The summed E-state index contributed by atoms with van der Waals surface area (Å²) in [4.78, 5) is 0. The monoisotopic (exact) mass is 470 g/mol. The van der Waals surface area contributed by atoms with Gasteiger partial charge in [0.25, 0.3) is 0 Å². The zero-order chi connectivity index (χ0) is 25.6. The lowest BCUT2D eigenvalue weighted by atomic mass is 9.84. The number of benzene rings is 2. The van der Waals surface area contributed by atoms with E-state index >= 15 is 0 Å². The molecule has 0 amide bonds. The van der Waals surface area contributed by atoms with Gasteiger partial charge >= 0.3 is 0 Å². The van der Waals surface area contributed by atoms with E-state index < -0.39 is 0 Å². The summed E-state index contributed by atoms with van der Waals surface area (Å²) in [6.07, 6.45) is 11.8. The highest BCUT2D eigenvalue weighted by atomic mass is 14.9. The minimum atomic E-state index is 0.188. The number of nitrogens with one attached hydrogen (secondary N) is 2. The lowest BCUT2D eigenvalue weighted by Crippen LogP contribution is -2.27. The number of allylic oxidation sites excluding steroid dienone is 4. The molecule has 188 valence electrons. The Morgan fingerprint density at radius 3 is 2.23 bits per heavy atom. The van der Waals surface area contributed by atoms with Crippen LogP contribution in [0.15, 0.2) is 60.3 Å². The van der Waals surface area contributed by atoms with Gasteiger partial charge in [0.1, 0.15) is 0 Å². The average Bonchev–Trinajstić information content (AvgIpc) is 3.05. The lowest BCUT2D eigenvalue weighted by molar-refractivity contribution is 0.395. The van der Waals surface area contributed by atoms with Crippen molar-refractivity contribution in [3.05, 3.63) is 88.1 Å². The Bertz CT molecular complexity index is 1100. The Balaban J connectivity index is 2.36. The molecule has 2 aromatic rings. The van der Waals surface area contributed by atoms with Gasteiger partial charge in [0.15, 0.2) is 0 Å². The van der Waals surface area contributed by atoms with Crippen LogP contribution in [0.3, 0.4) is 0 Å². The SMILES string of the molecule is CC/C(NCC(C)(C)C)=C(\c1ccccc1CC)c1c(NCC(C)(C)C)ccc2c1CC=CC=C2. The van der Waals surface area contributed by atoms with Crippen molar-refractivity contribution in [3.8, 4) is 0 Å². The van der Waals surface area contributed by atoms with Crippen molar-refractivity contribution in [2.45, 2.75) is 74.7 Å². The summed E-state index contributed by atoms with van der Waals surface area (Å²) in [6.45, 7) is 20.2. The lowest BCUT2D eigenvalue weighted by Gasteiger charge is -2.28. The highest BCUT2D eigenvalue weighted by Crippen LogP contribution is 2.40. The van der Waals surface area contributed by atoms with Crippen molar-refractivity contribution in [2.24, 2.45) is 10.8 Å². The minimum absolute atomic E-state index is 0.188. The molecule has 0 heterocycles. The quantitative estimate of drug-likeness (QED) is 0.403. The van der Waals surface area contributed by atoms with Crippen LogP contribution in [0.5, 0.6) is 0 Å². The molecule has 0 aromatic heterocycles. The molecule has 2 heteroatoms. The van der Waals surface area contributed by atoms with Gasteiger partial charge in [0, 0.05) is 35.6 Å². The van der Waals surface area contributed by atoms with E-state index in [-0.39, 0.29) is 10.8 Å². The predicted octanol–water partition coefficient (Wildman–Crippen LogP) is 8.64. The molecule has 0 bridgehead atoms. The van der Waals surface area contributed by atoms with E-state index in [1.807, 2.05) is 0 Å². The van der Waals surface area contributed by atoms with Crippen LogP contribution in [0, 0.1) is 10.8 Å². The third kappa shape index (κ3) is 7.13. The Morgan fingerprint density at radius 1 is 0.857 bits per heavy atom. The van der Waals surface area contributed by atoms with Crippen LogP contribution in [-0.4, -0.2) is 13.1 Å². The van der Waals surface area contributed by atoms with Crippen LogP contribution >= 0.6 is 0 Å². The molecule has 0 fully saturated rings. The van der Waals surface area contributed by atoms with Crippen molar-refractivity contribution in [1.82, 2.24) is 5.32 Å². The molecular formula is C33H46N2. The second kappa shape index (κ2) is 11.3. The molecule has 0 unspecified atom stereocenters. The molecule has 0 radical (unpaired) electrons. The molecule has 0 saturated heterocycles. The van der Waals surface area contributed by atoms with Gasteiger partial charge in [0.2, 0.25) is 0 Å². The summed E-state index contributed by atoms with van der Waals surface area (Å²) in [5, 5.41) is 7.75. The number of rotatable bonds is 8. The summed E-state index contributed by atoms with van der Waals surface area (Å²) in [5.41, 5.74) is 11.1. The highest BCUT2D eigenvalue weighted by molar-refractivity contribution is 5.92. The number of hydrogen-bond acceptors (Lipinski definition) is 2. The first-order valence-corrected chi connectivity index (χ1v) is 13.3. The fourth-order valence-corrected chi connectivity index (χ4v) is 4.54. The van der Waals surface area contributed by atoms with Crippen molar-refractivity contribution < 1.29 is 0 Å². The van der Waals surface area contributed by atoms with Crippen LogP contribution < -0.4 is 10.6 Å². The molecule has 35 heavy (non-hydrogen) atoms. The summed E-state index contributed by atoms with van der Waals surface area (Å²) >= 11 is 0. The minimum Gasteiger partial charge on any atom is -0.387 e. The van der Waals surface area contributed by atoms with Gasteiger partial charge in [-0.3, -0.25) is 0 Å². The molecule has 3 rings (SSSR count). The topological polar surface area (TPSA) is 24.1 Å². The van der Waals surface area contributed by atoms with Crippen molar-refractivity contribution >= 4 is 17.3 Å². The Kier molecular flexibility index (Phi) is 8.70.